The zero-order chi connectivity index (χ0) is 18.5. The van der Waals surface area contributed by atoms with Gasteiger partial charge in [0.15, 0.2) is 0 Å². The van der Waals surface area contributed by atoms with E-state index in [9.17, 15) is 4.79 Å². The zero-order valence-electron chi connectivity index (χ0n) is 15.6. The van der Waals surface area contributed by atoms with Crippen LogP contribution in [0.2, 0.25) is 0 Å². The first-order valence-corrected chi connectivity index (χ1v) is 9.04. The van der Waals surface area contributed by atoms with E-state index in [2.05, 4.69) is 22.1 Å². The topological polar surface area (TPSA) is 59.8 Å². The second kappa shape index (κ2) is 8.12. The minimum absolute atomic E-state index is 0.0115. The quantitative estimate of drug-likeness (QED) is 0.793. The van der Waals surface area contributed by atoms with Gasteiger partial charge in [-0.1, -0.05) is 0 Å². The average Bonchev–Trinajstić information content (AvgIpc) is 3.11. The van der Waals surface area contributed by atoms with Gasteiger partial charge in [0.25, 0.3) is 5.91 Å². The van der Waals surface area contributed by atoms with Crippen molar-refractivity contribution in [2.75, 3.05) is 44.8 Å². The van der Waals surface area contributed by atoms with Crippen molar-refractivity contribution in [2.24, 2.45) is 0 Å². The lowest BCUT2D eigenvalue weighted by Crippen LogP contribution is -2.48. The largest absolute Gasteiger partial charge is 0.497 e. The van der Waals surface area contributed by atoms with Crippen LogP contribution < -0.4 is 14.4 Å². The minimum Gasteiger partial charge on any atom is -0.497 e. The summed E-state index contributed by atoms with van der Waals surface area (Å²) in [6, 6.07) is 8.02. The fourth-order valence-corrected chi connectivity index (χ4v) is 3.09. The SMILES string of the molecule is CCOc1nn(CC)cc1C(=O)N1CCN(c2ccc(OC)cc2)CC1. The highest BCUT2D eigenvalue weighted by molar-refractivity contribution is 5.96. The molecule has 7 nitrogen and oxygen atoms in total. The van der Waals surface area contributed by atoms with E-state index in [0.29, 0.717) is 37.7 Å². The normalized spacial score (nSPS) is 14.4. The van der Waals surface area contributed by atoms with Crippen LogP contribution in [-0.4, -0.2) is 60.5 Å². The van der Waals surface area contributed by atoms with Crippen LogP contribution in [0.3, 0.4) is 0 Å². The number of methoxy groups -OCH3 is 1. The number of ether oxygens (including phenoxy) is 2. The Balaban J connectivity index is 1.65. The number of amides is 1. The van der Waals surface area contributed by atoms with E-state index in [1.807, 2.05) is 30.9 Å². The van der Waals surface area contributed by atoms with E-state index in [0.717, 1.165) is 24.5 Å². The van der Waals surface area contributed by atoms with E-state index >= 15 is 0 Å². The smallest absolute Gasteiger partial charge is 0.261 e. The van der Waals surface area contributed by atoms with E-state index < -0.39 is 0 Å². The summed E-state index contributed by atoms with van der Waals surface area (Å²) in [5, 5.41) is 4.34. The first-order chi connectivity index (χ1) is 12.7. The summed E-state index contributed by atoms with van der Waals surface area (Å²) >= 11 is 0. The van der Waals surface area contributed by atoms with E-state index in [-0.39, 0.29) is 5.91 Å². The number of piperazine rings is 1. The van der Waals surface area contributed by atoms with Gasteiger partial charge in [-0.3, -0.25) is 9.48 Å². The summed E-state index contributed by atoms with van der Waals surface area (Å²) in [5.41, 5.74) is 1.69. The molecule has 1 fully saturated rings. The molecule has 7 heteroatoms. The number of aromatic nitrogens is 2. The summed E-state index contributed by atoms with van der Waals surface area (Å²) in [6.45, 7) is 8.03. The summed E-state index contributed by atoms with van der Waals surface area (Å²) in [6.07, 6.45) is 1.78. The number of nitrogens with zero attached hydrogens (tertiary/aromatic N) is 4. The lowest BCUT2D eigenvalue weighted by Gasteiger charge is -2.36. The summed E-state index contributed by atoms with van der Waals surface area (Å²) in [7, 11) is 1.66. The first kappa shape index (κ1) is 18.1. The Hall–Kier alpha value is -2.70. The van der Waals surface area contributed by atoms with Crippen LogP contribution in [0.4, 0.5) is 5.69 Å². The molecule has 26 heavy (non-hydrogen) atoms. The van der Waals surface area contributed by atoms with Gasteiger partial charge in [-0.25, -0.2) is 0 Å². The van der Waals surface area contributed by atoms with Crippen molar-refractivity contribution in [3.8, 4) is 11.6 Å². The molecular formula is C19H26N4O3. The van der Waals surface area contributed by atoms with Crippen molar-refractivity contribution in [3.63, 3.8) is 0 Å². The fourth-order valence-electron chi connectivity index (χ4n) is 3.09. The highest BCUT2D eigenvalue weighted by Crippen LogP contribution is 2.23. The second-order valence-corrected chi connectivity index (χ2v) is 6.11. The highest BCUT2D eigenvalue weighted by atomic mass is 16.5. The number of hydrogen-bond donors (Lipinski definition) is 0. The maximum atomic E-state index is 12.9. The number of benzene rings is 1. The number of anilines is 1. The number of carbonyl (C=O) groups excluding carboxylic acids is 1. The molecule has 0 spiro atoms. The molecule has 0 unspecified atom stereocenters. The third-order valence-corrected chi connectivity index (χ3v) is 4.57. The van der Waals surface area contributed by atoms with Gasteiger partial charge >= 0.3 is 0 Å². The maximum absolute atomic E-state index is 12.9. The molecule has 0 atom stereocenters. The predicted molar refractivity (Wildman–Crippen MR) is 100 cm³/mol. The lowest BCUT2D eigenvalue weighted by molar-refractivity contribution is 0.0742. The van der Waals surface area contributed by atoms with Gasteiger partial charge in [0, 0.05) is 44.6 Å². The maximum Gasteiger partial charge on any atom is 0.261 e. The molecule has 0 aliphatic carbocycles. The van der Waals surface area contributed by atoms with Crippen LogP contribution in [0, 0.1) is 0 Å². The van der Waals surface area contributed by atoms with Gasteiger partial charge in [-0.15, -0.1) is 5.10 Å². The molecule has 2 heterocycles. The minimum atomic E-state index is -0.0115. The van der Waals surface area contributed by atoms with Crippen molar-refractivity contribution in [1.82, 2.24) is 14.7 Å². The molecule has 2 aromatic rings. The Labute approximate surface area is 154 Å². The molecule has 1 aromatic carbocycles. The van der Waals surface area contributed by atoms with Crippen LogP contribution in [0.15, 0.2) is 30.5 Å². The Morgan fingerprint density at radius 2 is 1.81 bits per heavy atom. The third kappa shape index (κ3) is 3.76. The molecule has 0 N–H and O–H groups in total. The first-order valence-electron chi connectivity index (χ1n) is 9.04. The molecular weight excluding hydrogens is 332 g/mol. The molecule has 1 aromatic heterocycles. The van der Waals surface area contributed by atoms with Crippen molar-refractivity contribution < 1.29 is 14.3 Å². The number of aryl methyl sites for hydroxylation is 1. The van der Waals surface area contributed by atoms with Crippen LogP contribution >= 0.6 is 0 Å². The Kier molecular flexibility index (Phi) is 5.65. The standard InChI is InChI=1S/C19H26N4O3/c1-4-23-14-17(18(20-23)26-5-2)19(24)22-12-10-21(11-13-22)15-6-8-16(25-3)9-7-15/h6-9,14H,4-5,10-13H2,1-3H3. The number of hydrogen-bond acceptors (Lipinski definition) is 5. The van der Waals surface area contributed by atoms with Crippen molar-refractivity contribution in [3.05, 3.63) is 36.0 Å². The van der Waals surface area contributed by atoms with Crippen LogP contribution in [0.25, 0.3) is 0 Å². The third-order valence-electron chi connectivity index (χ3n) is 4.57. The summed E-state index contributed by atoms with van der Waals surface area (Å²) < 4.78 is 12.5. The Bertz CT molecular complexity index is 734. The van der Waals surface area contributed by atoms with E-state index in [1.54, 1.807) is 18.0 Å². The Morgan fingerprint density at radius 3 is 2.38 bits per heavy atom. The number of rotatable bonds is 6. The molecule has 1 saturated heterocycles. The summed E-state index contributed by atoms with van der Waals surface area (Å²) in [4.78, 5) is 17.1. The predicted octanol–water partition coefficient (Wildman–Crippen LogP) is 2.27. The average molecular weight is 358 g/mol. The van der Waals surface area contributed by atoms with Gasteiger partial charge in [-0.05, 0) is 38.1 Å². The lowest BCUT2D eigenvalue weighted by atomic mass is 10.2. The van der Waals surface area contributed by atoms with Gasteiger partial charge in [0.1, 0.15) is 11.3 Å². The fraction of sp³-hybridized carbons (Fsp3) is 0.474. The van der Waals surface area contributed by atoms with Crippen molar-refractivity contribution in [2.45, 2.75) is 20.4 Å². The summed E-state index contributed by atoms with van der Waals surface area (Å²) in [5.74, 6) is 1.26. The number of carbonyl (C=O) groups is 1. The van der Waals surface area contributed by atoms with Crippen molar-refractivity contribution >= 4 is 11.6 Å². The monoisotopic (exact) mass is 358 g/mol. The molecule has 140 valence electrons. The van der Waals surface area contributed by atoms with Crippen LogP contribution in [0.1, 0.15) is 24.2 Å². The Morgan fingerprint density at radius 1 is 1.12 bits per heavy atom. The van der Waals surface area contributed by atoms with Crippen LogP contribution in [-0.2, 0) is 6.54 Å². The van der Waals surface area contributed by atoms with Gasteiger partial charge < -0.3 is 19.3 Å². The van der Waals surface area contributed by atoms with E-state index in [4.69, 9.17) is 9.47 Å². The molecule has 0 radical (unpaired) electrons. The second-order valence-electron chi connectivity index (χ2n) is 6.11. The molecule has 1 aliphatic rings. The van der Waals surface area contributed by atoms with Crippen molar-refractivity contribution in [1.29, 1.82) is 0 Å². The van der Waals surface area contributed by atoms with Crippen LogP contribution in [0.5, 0.6) is 11.6 Å². The molecule has 1 aliphatic heterocycles. The zero-order valence-corrected chi connectivity index (χ0v) is 15.6. The van der Waals surface area contributed by atoms with E-state index in [1.165, 1.54) is 0 Å². The van der Waals surface area contributed by atoms with Gasteiger partial charge in [-0.2, -0.15) is 0 Å². The van der Waals surface area contributed by atoms with Gasteiger partial charge in [0.2, 0.25) is 5.88 Å². The molecule has 3 rings (SSSR count). The molecule has 0 bridgehead atoms. The highest BCUT2D eigenvalue weighted by Gasteiger charge is 2.26. The molecule has 1 amide bonds. The van der Waals surface area contributed by atoms with Gasteiger partial charge in [0.05, 0.1) is 13.7 Å². The molecule has 0 saturated carbocycles.